The fraction of sp³-hybridized carbons (Fsp3) is 0.429. The van der Waals surface area contributed by atoms with E-state index in [2.05, 4.69) is 38.6 Å². The minimum atomic E-state index is 1.09. The molecule has 0 unspecified atom stereocenters. The molecular formula is C14H20. The fourth-order valence-electron chi connectivity index (χ4n) is 1.92. The molecule has 0 aromatic heterocycles. The van der Waals surface area contributed by atoms with Gasteiger partial charge in [0.05, 0.1) is 0 Å². The van der Waals surface area contributed by atoms with Gasteiger partial charge >= 0.3 is 0 Å². The van der Waals surface area contributed by atoms with Crippen LogP contribution >= 0.6 is 0 Å². The minimum Gasteiger partial charge on any atom is -0.103 e. The summed E-state index contributed by atoms with van der Waals surface area (Å²) in [4.78, 5) is 0. The number of allylic oxidation sites excluding steroid dienone is 1. The Morgan fingerprint density at radius 2 is 1.71 bits per heavy atom. The molecule has 0 radical (unpaired) electrons. The van der Waals surface area contributed by atoms with Gasteiger partial charge in [0.2, 0.25) is 0 Å². The van der Waals surface area contributed by atoms with E-state index >= 15 is 0 Å². The highest BCUT2D eigenvalue weighted by Crippen LogP contribution is 2.18. The van der Waals surface area contributed by atoms with E-state index in [1.807, 2.05) is 6.08 Å². The van der Waals surface area contributed by atoms with Crippen LogP contribution in [0.2, 0.25) is 0 Å². The lowest BCUT2D eigenvalue weighted by Crippen LogP contribution is -1.98. The Balaban J connectivity index is 2.99. The first-order chi connectivity index (χ1) is 6.83. The van der Waals surface area contributed by atoms with Crippen LogP contribution in [0.4, 0.5) is 0 Å². The Hall–Kier alpha value is -1.04. The second-order valence-electron chi connectivity index (χ2n) is 3.59. The van der Waals surface area contributed by atoms with Crippen LogP contribution in [0.5, 0.6) is 0 Å². The second kappa shape index (κ2) is 5.64. The summed E-state index contributed by atoms with van der Waals surface area (Å²) in [7, 11) is 0. The average Bonchev–Trinajstić information content (AvgIpc) is 2.25. The summed E-state index contributed by atoms with van der Waals surface area (Å²) in [5, 5.41) is 0. The maximum Gasteiger partial charge on any atom is -0.0239 e. The first-order valence-corrected chi connectivity index (χ1v) is 5.54. The highest BCUT2D eigenvalue weighted by molar-refractivity contribution is 5.35. The summed E-state index contributed by atoms with van der Waals surface area (Å²) in [6.07, 6.45) is 6.52. The molecule has 0 bridgehead atoms. The van der Waals surface area contributed by atoms with Crippen molar-refractivity contribution in [3.63, 3.8) is 0 Å². The molecule has 0 saturated carbocycles. The van der Waals surface area contributed by atoms with Crippen molar-refractivity contribution in [3.8, 4) is 0 Å². The van der Waals surface area contributed by atoms with Crippen molar-refractivity contribution in [3.05, 3.63) is 47.5 Å². The Kier molecular flexibility index (Phi) is 4.45. The monoisotopic (exact) mass is 188 g/mol. The van der Waals surface area contributed by atoms with Crippen molar-refractivity contribution in [2.75, 3.05) is 0 Å². The molecule has 0 aliphatic heterocycles. The third-order valence-electron chi connectivity index (χ3n) is 2.73. The predicted molar refractivity (Wildman–Crippen MR) is 63.7 cm³/mol. The molecule has 0 heterocycles. The lowest BCUT2D eigenvalue weighted by atomic mass is 9.94. The summed E-state index contributed by atoms with van der Waals surface area (Å²) in [5.41, 5.74) is 4.56. The van der Waals surface area contributed by atoms with Gasteiger partial charge in [-0.1, -0.05) is 38.1 Å². The van der Waals surface area contributed by atoms with Gasteiger partial charge in [-0.25, -0.2) is 0 Å². The maximum atomic E-state index is 3.79. The third kappa shape index (κ3) is 2.47. The molecule has 1 aromatic carbocycles. The summed E-state index contributed by atoms with van der Waals surface area (Å²) in [6.45, 7) is 8.24. The van der Waals surface area contributed by atoms with Crippen LogP contribution in [0.25, 0.3) is 0 Å². The molecule has 14 heavy (non-hydrogen) atoms. The summed E-state index contributed by atoms with van der Waals surface area (Å²) in [5.74, 6) is 0. The van der Waals surface area contributed by atoms with Crippen LogP contribution in [-0.2, 0) is 19.3 Å². The quantitative estimate of drug-likeness (QED) is 0.614. The molecule has 0 saturated heterocycles. The van der Waals surface area contributed by atoms with Gasteiger partial charge in [-0.05, 0) is 42.4 Å². The van der Waals surface area contributed by atoms with E-state index in [-0.39, 0.29) is 0 Å². The molecule has 0 heteroatoms. The Morgan fingerprint density at radius 3 is 2.14 bits per heavy atom. The van der Waals surface area contributed by atoms with Gasteiger partial charge in [0, 0.05) is 0 Å². The normalized spacial score (nSPS) is 10.1. The molecule has 1 rings (SSSR count). The van der Waals surface area contributed by atoms with Gasteiger partial charge in [-0.3, -0.25) is 0 Å². The van der Waals surface area contributed by atoms with Gasteiger partial charge in [0.1, 0.15) is 0 Å². The van der Waals surface area contributed by atoms with Crippen LogP contribution in [0.3, 0.4) is 0 Å². The van der Waals surface area contributed by atoms with Crippen LogP contribution in [0.15, 0.2) is 30.9 Å². The van der Waals surface area contributed by atoms with Crippen molar-refractivity contribution < 1.29 is 0 Å². The smallest absolute Gasteiger partial charge is 0.0239 e. The highest BCUT2D eigenvalue weighted by Gasteiger charge is 2.04. The molecule has 0 atom stereocenters. The molecule has 0 amide bonds. The highest BCUT2D eigenvalue weighted by atomic mass is 14.1. The molecule has 0 aliphatic rings. The molecule has 0 fully saturated rings. The first kappa shape index (κ1) is 11.0. The Bertz CT molecular complexity index is 275. The number of hydrogen-bond donors (Lipinski definition) is 0. The van der Waals surface area contributed by atoms with E-state index in [9.17, 15) is 0 Å². The van der Waals surface area contributed by atoms with Gasteiger partial charge in [0.15, 0.2) is 0 Å². The topological polar surface area (TPSA) is 0 Å². The van der Waals surface area contributed by atoms with E-state index in [1.165, 1.54) is 11.1 Å². The second-order valence-corrected chi connectivity index (χ2v) is 3.59. The summed E-state index contributed by atoms with van der Waals surface area (Å²) >= 11 is 0. The zero-order valence-electron chi connectivity index (χ0n) is 9.34. The van der Waals surface area contributed by atoms with Crippen LogP contribution < -0.4 is 0 Å². The van der Waals surface area contributed by atoms with Crippen LogP contribution in [0.1, 0.15) is 37.0 Å². The number of aryl methyl sites for hydroxylation is 2. The van der Waals surface area contributed by atoms with Crippen molar-refractivity contribution in [1.29, 1.82) is 0 Å². The molecule has 0 spiro atoms. The lowest BCUT2D eigenvalue weighted by molar-refractivity contribution is 0.926. The number of benzene rings is 1. The van der Waals surface area contributed by atoms with Crippen LogP contribution in [0, 0.1) is 0 Å². The fourth-order valence-corrected chi connectivity index (χ4v) is 1.92. The Labute approximate surface area is 87.7 Å². The standard InChI is InChI=1S/C14H20/c1-4-7-11-14-12(5-2)9-8-10-13(14)6-3/h4,8-10H,1,5-7,11H2,2-3H3. The lowest BCUT2D eigenvalue weighted by Gasteiger charge is -2.11. The SMILES string of the molecule is C=CCCc1c(CC)cccc1CC. The predicted octanol–water partition coefficient (Wildman–Crippen LogP) is 3.93. The van der Waals surface area contributed by atoms with E-state index in [1.54, 1.807) is 5.56 Å². The number of rotatable bonds is 5. The zero-order chi connectivity index (χ0) is 10.4. The average molecular weight is 188 g/mol. The molecule has 76 valence electrons. The van der Waals surface area contributed by atoms with Gasteiger partial charge < -0.3 is 0 Å². The first-order valence-electron chi connectivity index (χ1n) is 5.54. The molecule has 0 nitrogen and oxygen atoms in total. The molecule has 0 aliphatic carbocycles. The van der Waals surface area contributed by atoms with Crippen molar-refractivity contribution in [1.82, 2.24) is 0 Å². The zero-order valence-corrected chi connectivity index (χ0v) is 9.34. The van der Waals surface area contributed by atoms with E-state index in [0.717, 1.165) is 25.7 Å². The van der Waals surface area contributed by atoms with E-state index in [4.69, 9.17) is 0 Å². The largest absolute Gasteiger partial charge is 0.103 e. The van der Waals surface area contributed by atoms with E-state index in [0.29, 0.717) is 0 Å². The van der Waals surface area contributed by atoms with Crippen LogP contribution in [-0.4, -0.2) is 0 Å². The summed E-state index contributed by atoms with van der Waals surface area (Å²) < 4.78 is 0. The minimum absolute atomic E-state index is 1.09. The van der Waals surface area contributed by atoms with Crippen molar-refractivity contribution >= 4 is 0 Å². The molecular weight excluding hydrogens is 168 g/mol. The van der Waals surface area contributed by atoms with Crippen molar-refractivity contribution in [2.45, 2.75) is 39.5 Å². The van der Waals surface area contributed by atoms with Gasteiger partial charge in [-0.2, -0.15) is 0 Å². The maximum absolute atomic E-state index is 3.79. The Morgan fingerprint density at radius 1 is 1.14 bits per heavy atom. The van der Waals surface area contributed by atoms with Crippen molar-refractivity contribution in [2.24, 2.45) is 0 Å². The van der Waals surface area contributed by atoms with Gasteiger partial charge in [-0.15, -0.1) is 6.58 Å². The summed E-state index contributed by atoms with van der Waals surface area (Å²) in [6, 6.07) is 6.67. The van der Waals surface area contributed by atoms with E-state index < -0.39 is 0 Å². The third-order valence-corrected chi connectivity index (χ3v) is 2.73. The molecule has 0 N–H and O–H groups in total. The molecule has 1 aromatic rings. The number of hydrogen-bond acceptors (Lipinski definition) is 0. The van der Waals surface area contributed by atoms with Gasteiger partial charge in [0.25, 0.3) is 0 Å².